The average Bonchev–Trinajstić information content (AvgIpc) is 2.81. The van der Waals surface area contributed by atoms with Crippen molar-refractivity contribution in [1.29, 1.82) is 0 Å². The molecule has 0 saturated heterocycles. The minimum atomic E-state index is 0.427. The Balaban J connectivity index is 2.21. The van der Waals surface area contributed by atoms with E-state index in [-0.39, 0.29) is 0 Å². The summed E-state index contributed by atoms with van der Waals surface area (Å²) < 4.78 is 7.01. The summed E-state index contributed by atoms with van der Waals surface area (Å²) in [7, 11) is 1.96. The van der Waals surface area contributed by atoms with Gasteiger partial charge in [0.25, 0.3) is 0 Å². The van der Waals surface area contributed by atoms with Gasteiger partial charge in [-0.3, -0.25) is 0 Å². The van der Waals surface area contributed by atoms with E-state index >= 15 is 0 Å². The van der Waals surface area contributed by atoms with E-state index < -0.39 is 0 Å². The quantitative estimate of drug-likeness (QED) is 0.917. The Bertz CT molecular complexity index is 533. The number of benzene rings is 1. The van der Waals surface area contributed by atoms with E-state index in [1.807, 2.05) is 13.1 Å². The fourth-order valence-corrected chi connectivity index (χ4v) is 2.09. The lowest BCUT2D eigenvalue weighted by atomic mass is 10.1. The number of halogens is 1. The van der Waals surface area contributed by atoms with Crippen molar-refractivity contribution in [1.82, 2.24) is 5.32 Å². The molecule has 0 fully saturated rings. The Kier molecular flexibility index (Phi) is 4.25. The minimum Gasteiger partial charge on any atom is -0.461 e. The van der Waals surface area contributed by atoms with Crippen LogP contribution < -0.4 is 5.32 Å². The summed E-state index contributed by atoms with van der Waals surface area (Å²) in [5.74, 6) is 1.95. The first-order valence-corrected chi connectivity index (χ1v) is 6.92. The average molecular weight is 308 g/mol. The van der Waals surface area contributed by atoms with E-state index in [2.05, 4.69) is 59.4 Å². The molecule has 0 aliphatic heterocycles. The Labute approximate surface area is 117 Å². The van der Waals surface area contributed by atoms with E-state index in [9.17, 15) is 0 Å². The standard InChI is InChI=1S/C15H18BrNO/c1-10-8-12(4-6-14(10)16)15-7-5-13(18-15)9-11(2)17-3/h4-8,11,17H,9H2,1-3H3. The molecule has 2 rings (SSSR count). The molecule has 0 amide bonds. The first-order valence-electron chi connectivity index (χ1n) is 6.12. The molecule has 1 aromatic carbocycles. The van der Waals surface area contributed by atoms with Gasteiger partial charge in [-0.15, -0.1) is 0 Å². The second-order valence-electron chi connectivity index (χ2n) is 4.62. The Hall–Kier alpha value is -1.06. The summed E-state index contributed by atoms with van der Waals surface area (Å²) in [6.45, 7) is 4.23. The normalized spacial score (nSPS) is 12.7. The van der Waals surface area contributed by atoms with Crippen LogP contribution in [0, 0.1) is 6.92 Å². The maximum absolute atomic E-state index is 5.88. The molecule has 0 radical (unpaired) electrons. The second-order valence-corrected chi connectivity index (χ2v) is 5.48. The molecular formula is C15H18BrNO. The van der Waals surface area contributed by atoms with E-state index in [1.165, 1.54) is 5.56 Å². The maximum Gasteiger partial charge on any atom is 0.134 e. The zero-order valence-electron chi connectivity index (χ0n) is 11.0. The van der Waals surface area contributed by atoms with Crippen molar-refractivity contribution in [2.75, 3.05) is 7.05 Å². The summed E-state index contributed by atoms with van der Waals surface area (Å²) in [5.41, 5.74) is 2.34. The highest BCUT2D eigenvalue weighted by Gasteiger charge is 2.08. The van der Waals surface area contributed by atoms with Crippen molar-refractivity contribution >= 4 is 15.9 Å². The Morgan fingerprint density at radius 2 is 2.06 bits per heavy atom. The highest BCUT2D eigenvalue weighted by Crippen LogP contribution is 2.26. The van der Waals surface area contributed by atoms with Crippen molar-refractivity contribution < 1.29 is 4.42 Å². The number of nitrogens with one attached hydrogen (secondary N) is 1. The van der Waals surface area contributed by atoms with Gasteiger partial charge < -0.3 is 9.73 Å². The van der Waals surface area contributed by atoms with E-state index in [1.54, 1.807) is 0 Å². The lowest BCUT2D eigenvalue weighted by molar-refractivity contribution is 0.481. The number of aryl methyl sites for hydroxylation is 1. The zero-order chi connectivity index (χ0) is 13.1. The maximum atomic E-state index is 5.88. The predicted octanol–water partition coefficient (Wildman–Crippen LogP) is 4.17. The van der Waals surface area contributed by atoms with Crippen LogP contribution in [0.2, 0.25) is 0 Å². The van der Waals surface area contributed by atoms with Gasteiger partial charge in [0.2, 0.25) is 0 Å². The number of rotatable bonds is 4. The van der Waals surface area contributed by atoms with Gasteiger partial charge in [0.1, 0.15) is 11.5 Å². The molecule has 1 heterocycles. The van der Waals surface area contributed by atoms with Crippen LogP contribution >= 0.6 is 15.9 Å². The van der Waals surface area contributed by atoms with Crippen molar-refractivity contribution in [2.24, 2.45) is 0 Å². The molecule has 0 saturated carbocycles. The van der Waals surface area contributed by atoms with Gasteiger partial charge in [-0.25, -0.2) is 0 Å². The molecule has 0 bridgehead atoms. The topological polar surface area (TPSA) is 25.2 Å². The van der Waals surface area contributed by atoms with Crippen LogP contribution in [0.4, 0.5) is 0 Å². The predicted molar refractivity (Wildman–Crippen MR) is 78.8 cm³/mol. The second kappa shape index (κ2) is 5.72. The largest absolute Gasteiger partial charge is 0.461 e. The molecule has 0 aliphatic rings. The third-order valence-corrected chi connectivity index (χ3v) is 3.99. The molecule has 96 valence electrons. The fraction of sp³-hybridized carbons (Fsp3) is 0.333. The lowest BCUT2D eigenvalue weighted by Crippen LogP contribution is -2.23. The van der Waals surface area contributed by atoms with Crippen LogP contribution in [0.5, 0.6) is 0 Å². The lowest BCUT2D eigenvalue weighted by Gasteiger charge is -2.07. The first-order chi connectivity index (χ1) is 8.60. The van der Waals surface area contributed by atoms with Gasteiger partial charge in [-0.05, 0) is 50.7 Å². The van der Waals surface area contributed by atoms with Crippen molar-refractivity contribution in [2.45, 2.75) is 26.3 Å². The number of likely N-dealkylation sites (N-methyl/N-ethyl adjacent to an activating group) is 1. The molecular weight excluding hydrogens is 290 g/mol. The van der Waals surface area contributed by atoms with E-state index in [0.29, 0.717) is 6.04 Å². The molecule has 1 aromatic heterocycles. The molecule has 0 aliphatic carbocycles. The summed E-state index contributed by atoms with van der Waals surface area (Å²) >= 11 is 3.51. The van der Waals surface area contributed by atoms with Gasteiger partial charge in [-0.1, -0.05) is 22.0 Å². The smallest absolute Gasteiger partial charge is 0.134 e. The SMILES string of the molecule is CNC(C)Cc1ccc(-c2ccc(Br)c(C)c2)o1. The van der Waals surface area contributed by atoms with E-state index in [0.717, 1.165) is 28.0 Å². The summed E-state index contributed by atoms with van der Waals surface area (Å²) in [6, 6.07) is 10.8. The van der Waals surface area contributed by atoms with E-state index in [4.69, 9.17) is 4.42 Å². The third-order valence-electron chi connectivity index (χ3n) is 3.10. The zero-order valence-corrected chi connectivity index (χ0v) is 12.5. The van der Waals surface area contributed by atoms with Crippen LogP contribution in [-0.2, 0) is 6.42 Å². The molecule has 1 N–H and O–H groups in total. The summed E-state index contributed by atoms with van der Waals surface area (Å²) in [5, 5.41) is 3.21. The molecule has 1 atom stereocenters. The highest BCUT2D eigenvalue weighted by atomic mass is 79.9. The molecule has 2 nitrogen and oxygen atoms in total. The molecule has 18 heavy (non-hydrogen) atoms. The van der Waals surface area contributed by atoms with Crippen molar-refractivity contribution in [3.63, 3.8) is 0 Å². The first kappa shape index (κ1) is 13.4. The van der Waals surface area contributed by atoms with Gasteiger partial charge in [0, 0.05) is 22.5 Å². The van der Waals surface area contributed by atoms with Gasteiger partial charge in [0.05, 0.1) is 0 Å². The minimum absolute atomic E-state index is 0.427. The van der Waals surface area contributed by atoms with Crippen LogP contribution in [-0.4, -0.2) is 13.1 Å². The fourth-order valence-electron chi connectivity index (χ4n) is 1.84. The van der Waals surface area contributed by atoms with Crippen LogP contribution in [0.3, 0.4) is 0 Å². The molecule has 1 unspecified atom stereocenters. The van der Waals surface area contributed by atoms with Crippen LogP contribution in [0.25, 0.3) is 11.3 Å². The molecule has 0 spiro atoms. The summed E-state index contributed by atoms with van der Waals surface area (Å²) in [4.78, 5) is 0. The monoisotopic (exact) mass is 307 g/mol. The Morgan fingerprint density at radius 3 is 2.72 bits per heavy atom. The van der Waals surface area contributed by atoms with Gasteiger partial charge in [-0.2, -0.15) is 0 Å². The number of furan rings is 1. The number of hydrogen-bond donors (Lipinski definition) is 1. The molecule has 2 aromatic rings. The van der Waals surface area contributed by atoms with Crippen molar-refractivity contribution in [3.05, 3.63) is 46.1 Å². The van der Waals surface area contributed by atoms with Gasteiger partial charge >= 0.3 is 0 Å². The van der Waals surface area contributed by atoms with Crippen LogP contribution in [0.15, 0.2) is 39.2 Å². The summed E-state index contributed by atoms with van der Waals surface area (Å²) in [6.07, 6.45) is 0.909. The van der Waals surface area contributed by atoms with Crippen LogP contribution in [0.1, 0.15) is 18.2 Å². The van der Waals surface area contributed by atoms with Crippen molar-refractivity contribution in [3.8, 4) is 11.3 Å². The highest BCUT2D eigenvalue weighted by molar-refractivity contribution is 9.10. The van der Waals surface area contributed by atoms with Gasteiger partial charge in [0.15, 0.2) is 0 Å². The third kappa shape index (κ3) is 3.03. The number of hydrogen-bond acceptors (Lipinski definition) is 2. The molecule has 3 heteroatoms. The Morgan fingerprint density at radius 1 is 1.28 bits per heavy atom.